The van der Waals surface area contributed by atoms with Crippen molar-refractivity contribution >= 4 is 33.8 Å². The molecule has 0 saturated heterocycles. The molecule has 0 atom stereocenters. The molecule has 4 heteroatoms. The van der Waals surface area contributed by atoms with Crippen LogP contribution in [0.4, 0.5) is 0 Å². The first-order valence-corrected chi connectivity index (χ1v) is 6.34. The molecule has 0 amide bonds. The second-order valence-electron chi connectivity index (χ2n) is 0.0714. The van der Waals surface area contributed by atoms with E-state index >= 15 is 0 Å². The fraction of sp³-hybridized carbons (Fsp3) is 1.00. The zero-order chi connectivity index (χ0) is 4.71. The topological polar surface area (TPSA) is 20.2 Å². The van der Waals surface area contributed by atoms with Gasteiger partial charge in [-0.2, -0.15) is 0 Å². The maximum absolute atomic E-state index is 7.00. The van der Waals surface area contributed by atoms with E-state index in [0.717, 1.165) is 7.11 Å². The second kappa shape index (κ2) is 19.4. The van der Waals surface area contributed by atoms with Crippen LogP contribution in [0.15, 0.2) is 0 Å². The van der Waals surface area contributed by atoms with Crippen LogP contribution < -0.4 is 0 Å². The van der Waals surface area contributed by atoms with Gasteiger partial charge in [0.25, 0.3) is 0 Å². The van der Waals surface area contributed by atoms with Crippen LogP contribution in [0.1, 0.15) is 0 Å². The zero-order valence-corrected chi connectivity index (χ0v) is 6.31. The SMILES string of the molecule is CO.Cl[AsH]Cl. The van der Waals surface area contributed by atoms with Crippen LogP contribution in [0.5, 0.6) is 0 Å². The van der Waals surface area contributed by atoms with Crippen LogP contribution in [0.3, 0.4) is 0 Å². The summed E-state index contributed by atoms with van der Waals surface area (Å²) in [6, 6.07) is 0. The third kappa shape index (κ3) is 40.6. The molecule has 0 aliphatic carbocycles. The number of halogens is 2. The van der Waals surface area contributed by atoms with E-state index in [-0.39, 0.29) is 0 Å². The van der Waals surface area contributed by atoms with Gasteiger partial charge in [-0.1, -0.05) is 0 Å². The van der Waals surface area contributed by atoms with Gasteiger partial charge in [-0.25, -0.2) is 0 Å². The van der Waals surface area contributed by atoms with Gasteiger partial charge < -0.3 is 5.11 Å². The van der Waals surface area contributed by atoms with E-state index in [0.29, 0.717) is 0 Å². The van der Waals surface area contributed by atoms with Crippen molar-refractivity contribution in [2.75, 3.05) is 7.11 Å². The monoisotopic (exact) mass is 178 g/mol. The minimum absolute atomic E-state index is 0.556. The second-order valence-corrected chi connectivity index (χ2v) is 3.34. The quantitative estimate of drug-likeness (QED) is 0.531. The molecule has 0 aromatic rings. The number of hydrogen-bond acceptors (Lipinski definition) is 1. The Morgan fingerprint density at radius 2 is 1.40 bits per heavy atom. The van der Waals surface area contributed by atoms with Crippen molar-refractivity contribution in [2.24, 2.45) is 0 Å². The van der Waals surface area contributed by atoms with Gasteiger partial charge in [0, 0.05) is 7.11 Å². The standard InChI is InChI=1S/CH4O.AsCl2H/c1-2;2-1-3/h2H,1H3;1H. The van der Waals surface area contributed by atoms with E-state index in [1.54, 1.807) is 0 Å². The molecular formula is CH5AsCl2O. The average molecular weight is 179 g/mol. The van der Waals surface area contributed by atoms with Crippen molar-refractivity contribution in [3.8, 4) is 0 Å². The molecule has 0 aliphatic rings. The first-order valence-electron chi connectivity index (χ1n) is 0.825. The summed E-state index contributed by atoms with van der Waals surface area (Å²) in [6.45, 7) is 0. The summed E-state index contributed by atoms with van der Waals surface area (Å²) >= 11 is -0.556. The Hall–Kier alpha value is 1.10. The van der Waals surface area contributed by atoms with E-state index < -0.39 is 13.9 Å². The predicted molar refractivity (Wildman–Crippen MR) is 27.0 cm³/mol. The van der Waals surface area contributed by atoms with Gasteiger partial charge in [0.15, 0.2) is 0 Å². The number of aliphatic hydroxyl groups is 1. The summed E-state index contributed by atoms with van der Waals surface area (Å²) in [5.74, 6) is 0. The van der Waals surface area contributed by atoms with Gasteiger partial charge in [-0.3, -0.25) is 0 Å². The van der Waals surface area contributed by atoms with Crippen molar-refractivity contribution in [3.63, 3.8) is 0 Å². The molecule has 0 aliphatic heterocycles. The third-order valence-corrected chi connectivity index (χ3v) is 0. The predicted octanol–water partition coefficient (Wildman–Crippen LogP) is 0.339. The van der Waals surface area contributed by atoms with E-state index in [4.69, 9.17) is 25.0 Å². The summed E-state index contributed by atoms with van der Waals surface area (Å²) in [5, 5.41) is 7.00. The number of aliphatic hydroxyl groups excluding tert-OH is 1. The van der Waals surface area contributed by atoms with Gasteiger partial charge in [-0.05, 0) is 0 Å². The normalized spacial score (nSPS) is 4.80. The zero-order valence-electron chi connectivity index (χ0n) is 2.70. The number of rotatable bonds is 0. The maximum atomic E-state index is 7.00. The Bertz CT molecular complexity index is 9.61. The van der Waals surface area contributed by atoms with Crippen molar-refractivity contribution in [1.82, 2.24) is 0 Å². The average Bonchev–Trinajstić information content (AvgIpc) is 1.46. The molecule has 0 rings (SSSR count). The van der Waals surface area contributed by atoms with Gasteiger partial charge in [-0.15, -0.1) is 0 Å². The van der Waals surface area contributed by atoms with Gasteiger partial charge in [0.05, 0.1) is 0 Å². The molecule has 0 heterocycles. The van der Waals surface area contributed by atoms with Gasteiger partial charge in [0.1, 0.15) is 0 Å². The van der Waals surface area contributed by atoms with E-state index in [1.165, 1.54) is 0 Å². The van der Waals surface area contributed by atoms with Crippen LogP contribution in [0.2, 0.25) is 0 Å². The molecule has 0 saturated carbocycles. The fourth-order valence-electron chi connectivity index (χ4n) is 0. The molecule has 1 N–H and O–H groups in total. The van der Waals surface area contributed by atoms with Gasteiger partial charge >= 0.3 is 33.8 Å². The van der Waals surface area contributed by atoms with Crippen LogP contribution in [-0.4, -0.2) is 26.1 Å². The summed E-state index contributed by atoms with van der Waals surface area (Å²) in [4.78, 5) is 0. The Labute approximate surface area is 46.3 Å². The van der Waals surface area contributed by atoms with Crippen LogP contribution in [0, 0.1) is 0 Å². The van der Waals surface area contributed by atoms with E-state index in [9.17, 15) is 0 Å². The van der Waals surface area contributed by atoms with E-state index in [1.807, 2.05) is 0 Å². The van der Waals surface area contributed by atoms with Crippen molar-refractivity contribution < 1.29 is 5.11 Å². The molecule has 0 aromatic heterocycles. The Balaban J connectivity index is 0. The minimum atomic E-state index is -0.556. The van der Waals surface area contributed by atoms with Crippen LogP contribution in [-0.2, 0) is 0 Å². The summed E-state index contributed by atoms with van der Waals surface area (Å²) < 4.78 is 0. The Morgan fingerprint density at radius 1 is 1.40 bits per heavy atom. The molecule has 0 radical (unpaired) electrons. The fourth-order valence-corrected chi connectivity index (χ4v) is 0. The molecule has 0 spiro atoms. The molecule has 0 unspecified atom stereocenters. The molecule has 1 nitrogen and oxygen atoms in total. The van der Waals surface area contributed by atoms with Crippen LogP contribution >= 0.6 is 19.9 Å². The summed E-state index contributed by atoms with van der Waals surface area (Å²) in [7, 11) is 10.8. The molecule has 34 valence electrons. The molecule has 0 aromatic carbocycles. The Morgan fingerprint density at radius 3 is 1.40 bits per heavy atom. The first-order chi connectivity index (χ1) is 2.41. The van der Waals surface area contributed by atoms with Gasteiger partial charge in [0.2, 0.25) is 0 Å². The Kier molecular flexibility index (Phi) is 36.7. The van der Waals surface area contributed by atoms with Crippen molar-refractivity contribution in [1.29, 1.82) is 0 Å². The first kappa shape index (κ1) is 9.44. The number of hydrogen-bond donors (Lipinski definition) is 1. The summed E-state index contributed by atoms with van der Waals surface area (Å²) in [5.41, 5.74) is 0. The van der Waals surface area contributed by atoms with Crippen molar-refractivity contribution in [2.45, 2.75) is 0 Å². The molecule has 0 fully saturated rings. The van der Waals surface area contributed by atoms with Crippen molar-refractivity contribution in [3.05, 3.63) is 0 Å². The molecule has 0 bridgehead atoms. The molecule has 5 heavy (non-hydrogen) atoms. The van der Waals surface area contributed by atoms with Crippen LogP contribution in [0.25, 0.3) is 0 Å². The third-order valence-electron chi connectivity index (χ3n) is 0. The molecular weight excluding hydrogens is 174 g/mol. The van der Waals surface area contributed by atoms with E-state index in [2.05, 4.69) is 0 Å². The summed E-state index contributed by atoms with van der Waals surface area (Å²) in [6.07, 6.45) is 0.